The molecule has 1 N–H and O–H groups in total. The molecule has 0 bridgehead atoms. The lowest BCUT2D eigenvalue weighted by Crippen LogP contribution is -2.24. The number of nitrogens with zero attached hydrogens (tertiary/aromatic N) is 1. The van der Waals surface area contributed by atoms with Crippen LogP contribution in [0.25, 0.3) is 10.9 Å². The largest absolute Gasteiger partial charge is 0.482 e. The standard InChI is InChI=1S/C13H18N2OS/c1-10(2)14-8-5-9-16-13-11-6-3-4-7-12(11)15-17-13/h3-4,6-7,10,14H,5,8-9H2,1-2H3. The average molecular weight is 250 g/mol. The summed E-state index contributed by atoms with van der Waals surface area (Å²) in [6.45, 7) is 6.04. The topological polar surface area (TPSA) is 34.1 Å². The Bertz CT molecular complexity index is 467. The molecule has 0 radical (unpaired) electrons. The lowest BCUT2D eigenvalue weighted by Gasteiger charge is -2.08. The van der Waals surface area contributed by atoms with Gasteiger partial charge in [-0.1, -0.05) is 26.0 Å². The summed E-state index contributed by atoms with van der Waals surface area (Å²) in [5.41, 5.74) is 1.02. The van der Waals surface area contributed by atoms with Crippen molar-refractivity contribution in [3.05, 3.63) is 24.3 Å². The second-order valence-electron chi connectivity index (χ2n) is 4.30. The van der Waals surface area contributed by atoms with Crippen LogP contribution < -0.4 is 10.1 Å². The zero-order valence-corrected chi connectivity index (χ0v) is 11.1. The van der Waals surface area contributed by atoms with E-state index in [0.29, 0.717) is 6.04 Å². The molecule has 2 aromatic rings. The summed E-state index contributed by atoms with van der Waals surface area (Å²) in [4.78, 5) is 0. The van der Waals surface area contributed by atoms with Crippen LogP contribution in [0.1, 0.15) is 20.3 Å². The van der Waals surface area contributed by atoms with Gasteiger partial charge >= 0.3 is 0 Å². The highest BCUT2D eigenvalue weighted by Gasteiger charge is 2.05. The minimum atomic E-state index is 0.541. The monoisotopic (exact) mass is 250 g/mol. The van der Waals surface area contributed by atoms with Crippen molar-refractivity contribution < 1.29 is 4.74 Å². The Morgan fingerprint density at radius 1 is 1.35 bits per heavy atom. The molecule has 0 saturated carbocycles. The van der Waals surface area contributed by atoms with Gasteiger partial charge in [0.2, 0.25) is 5.06 Å². The predicted octanol–water partition coefficient (Wildman–Crippen LogP) is 3.06. The molecule has 0 amide bonds. The number of hydrogen-bond donors (Lipinski definition) is 1. The van der Waals surface area contributed by atoms with E-state index in [1.165, 1.54) is 11.5 Å². The number of hydrogen-bond acceptors (Lipinski definition) is 4. The van der Waals surface area contributed by atoms with Crippen LogP contribution in [0.15, 0.2) is 24.3 Å². The van der Waals surface area contributed by atoms with Crippen molar-refractivity contribution in [2.45, 2.75) is 26.3 Å². The molecule has 3 nitrogen and oxygen atoms in total. The highest BCUT2D eigenvalue weighted by molar-refractivity contribution is 7.09. The number of ether oxygens (including phenoxy) is 1. The summed E-state index contributed by atoms with van der Waals surface area (Å²) in [7, 11) is 0. The molecule has 0 saturated heterocycles. The normalized spacial score (nSPS) is 11.2. The van der Waals surface area contributed by atoms with Gasteiger partial charge in [0.05, 0.1) is 17.5 Å². The fourth-order valence-corrected chi connectivity index (χ4v) is 2.34. The molecule has 4 heteroatoms. The molecule has 0 atom stereocenters. The highest BCUT2D eigenvalue weighted by atomic mass is 32.1. The fraction of sp³-hybridized carbons (Fsp3) is 0.462. The van der Waals surface area contributed by atoms with Gasteiger partial charge in [-0.3, -0.25) is 0 Å². The number of fused-ring (bicyclic) bond motifs is 1. The first-order valence-corrected chi connectivity index (χ1v) is 6.75. The molecule has 1 aromatic heterocycles. The second kappa shape index (κ2) is 5.98. The quantitative estimate of drug-likeness (QED) is 0.800. The maximum absolute atomic E-state index is 5.76. The molecule has 0 spiro atoms. The predicted molar refractivity (Wildman–Crippen MR) is 72.9 cm³/mol. The van der Waals surface area contributed by atoms with E-state index in [1.54, 1.807) is 0 Å². The van der Waals surface area contributed by atoms with Crippen LogP contribution in [0.4, 0.5) is 0 Å². The summed E-state index contributed by atoms with van der Waals surface area (Å²) in [5, 5.41) is 5.43. The molecule has 1 heterocycles. The average Bonchev–Trinajstić information content (AvgIpc) is 2.72. The Labute approximate surface area is 106 Å². The number of rotatable bonds is 6. The van der Waals surface area contributed by atoms with E-state index >= 15 is 0 Å². The van der Waals surface area contributed by atoms with Gasteiger partial charge in [0.25, 0.3) is 0 Å². The van der Waals surface area contributed by atoms with Crippen molar-refractivity contribution in [2.75, 3.05) is 13.2 Å². The lowest BCUT2D eigenvalue weighted by molar-refractivity contribution is 0.317. The van der Waals surface area contributed by atoms with Crippen molar-refractivity contribution in [3.8, 4) is 5.06 Å². The number of benzene rings is 1. The molecule has 2 rings (SSSR count). The van der Waals surface area contributed by atoms with Crippen LogP contribution in [-0.4, -0.2) is 23.6 Å². The van der Waals surface area contributed by atoms with Gasteiger partial charge in [0.15, 0.2) is 0 Å². The van der Waals surface area contributed by atoms with E-state index in [4.69, 9.17) is 4.74 Å². The van der Waals surface area contributed by atoms with Gasteiger partial charge in [-0.05, 0) is 25.1 Å². The minimum Gasteiger partial charge on any atom is -0.482 e. The Balaban J connectivity index is 1.83. The SMILES string of the molecule is CC(C)NCCCOc1snc2ccccc12. The van der Waals surface area contributed by atoms with E-state index in [1.807, 2.05) is 18.2 Å². The Morgan fingerprint density at radius 2 is 2.18 bits per heavy atom. The molecule has 0 aliphatic heterocycles. The Hall–Kier alpha value is -1.13. The fourth-order valence-electron chi connectivity index (χ4n) is 1.60. The molecule has 0 aliphatic rings. The van der Waals surface area contributed by atoms with Gasteiger partial charge in [-0.2, -0.15) is 4.37 Å². The first kappa shape index (κ1) is 12.3. The molecule has 0 unspecified atom stereocenters. The van der Waals surface area contributed by atoms with Crippen molar-refractivity contribution >= 4 is 22.4 Å². The molecular weight excluding hydrogens is 232 g/mol. The summed E-state index contributed by atoms with van der Waals surface area (Å²) < 4.78 is 10.1. The van der Waals surface area contributed by atoms with Gasteiger partial charge in [-0.25, -0.2) is 0 Å². The van der Waals surface area contributed by atoms with Crippen LogP contribution in [0.3, 0.4) is 0 Å². The van der Waals surface area contributed by atoms with Crippen molar-refractivity contribution in [1.29, 1.82) is 0 Å². The van der Waals surface area contributed by atoms with E-state index in [-0.39, 0.29) is 0 Å². The van der Waals surface area contributed by atoms with Crippen molar-refractivity contribution in [2.24, 2.45) is 0 Å². The molecule has 92 valence electrons. The zero-order valence-electron chi connectivity index (χ0n) is 10.3. The van der Waals surface area contributed by atoms with Gasteiger partial charge in [-0.15, -0.1) is 0 Å². The third-order valence-electron chi connectivity index (χ3n) is 2.46. The third-order valence-corrected chi connectivity index (χ3v) is 3.25. The molecular formula is C13H18N2OS. The van der Waals surface area contributed by atoms with E-state index in [9.17, 15) is 0 Å². The van der Waals surface area contributed by atoms with Crippen molar-refractivity contribution in [1.82, 2.24) is 9.69 Å². The molecule has 0 aliphatic carbocycles. The smallest absolute Gasteiger partial charge is 0.201 e. The van der Waals surface area contributed by atoms with Crippen LogP contribution in [0.2, 0.25) is 0 Å². The number of aromatic nitrogens is 1. The van der Waals surface area contributed by atoms with Crippen LogP contribution in [-0.2, 0) is 0 Å². The lowest BCUT2D eigenvalue weighted by atomic mass is 10.2. The zero-order chi connectivity index (χ0) is 12.1. The molecule has 17 heavy (non-hydrogen) atoms. The van der Waals surface area contributed by atoms with E-state index in [2.05, 4.69) is 29.6 Å². The third kappa shape index (κ3) is 3.41. The Kier molecular flexibility index (Phi) is 4.34. The second-order valence-corrected chi connectivity index (χ2v) is 5.03. The van der Waals surface area contributed by atoms with E-state index in [0.717, 1.165) is 35.5 Å². The first-order chi connectivity index (χ1) is 8.27. The summed E-state index contributed by atoms with van der Waals surface area (Å²) in [6, 6.07) is 8.63. The number of nitrogens with one attached hydrogen (secondary N) is 1. The molecule has 1 aromatic carbocycles. The van der Waals surface area contributed by atoms with Crippen LogP contribution in [0, 0.1) is 0 Å². The van der Waals surface area contributed by atoms with E-state index < -0.39 is 0 Å². The molecule has 0 fully saturated rings. The first-order valence-electron chi connectivity index (χ1n) is 5.98. The van der Waals surface area contributed by atoms with Gasteiger partial charge < -0.3 is 10.1 Å². The maximum Gasteiger partial charge on any atom is 0.201 e. The van der Waals surface area contributed by atoms with Crippen LogP contribution in [0.5, 0.6) is 5.06 Å². The summed E-state index contributed by atoms with van der Waals surface area (Å²) in [6.07, 6.45) is 1.02. The maximum atomic E-state index is 5.76. The van der Waals surface area contributed by atoms with Gasteiger partial charge in [0, 0.05) is 17.6 Å². The Morgan fingerprint density at radius 3 is 3.00 bits per heavy atom. The minimum absolute atomic E-state index is 0.541. The van der Waals surface area contributed by atoms with Gasteiger partial charge in [0.1, 0.15) is 0 Å². The highest BCUT2D eigenvalue weighted by Crippen LogP contribution is 2.29. The van der Waals surface area contributed by atoms with Crippen LogP contribution >= 0.6 is 11.5 Å². The van der Waals surface area contributed by atoms with Crippen molar-refractivity contribution in [3.63, 3.8) is 0 Å². The summed E-state index contributed by atoms with van der Waals surface area (Å²) >= 11 is 1.43. The summed E-state index contributed by atoms with van der Waals surface area (Å²) in [5.74, 6) is 0.